The number of rotatable bonds is 4. The van der Waals surface area contributed by atoms with Gasteiger partial charge in [0.05, 0.1) is 10.2 Å². The first-order chi connectivity index (χ1) is 13.4. The van der Waals surface area contributed by atoms with Crippen molar-refractivity contribution in [3.05, 3.63) is 65.5 Å². The number of benzene rings is 2. The second kappa shape index (κ2) is 6.90. The van der Waals surface area contributed by atoms with Crippen LogP contribution in [0.25, 0.3) is 20.8 Å². The number of carbonyl (C=O) groups excluding carboxylic acids is 1. The lowest BCUT2D eigenvalue weighted by Crippen LogP contribution is -2.16. The molecule has 0 atom stereocenters. The molecule has 28 heavy (non-hydrogen) atoms. The summed E-state index contributed by atoms with van der Waals surface area (Å²) in [5, 5.41) is 16.7. The number of nitrogens with one attached hydrogen (secondary N) is 1. The lowest BCUT2D eigenvalue weighted by molar-refractivity contribution is 0.0692. The monoisotopic (exact) mass is 392 g/mol. The van der Waals surface area contributed by atoms with Crippen molar-refractivity contribution in [3.63, 3.8) is 0 Å². The topological polar surface area (TPSA) is 97.1 Å². The number of amides is 1. The average Bonchev–Trinajstić information content (AvgIpc) is 3.25. The first kappa shape index (κ1) is 17.9. The molecule has 2 N–H and O–H groups in total. The van der Waals surface area contributed by atoms with E-state index in [9.17, 15) is 14.7 Å². The highest BCUT2D eigenvalue weighted by Gasteiger charge is 2.21. The molecule has 2 heterocycles. The quantitative estimate of drug-likeness (QED) is 0.548. The smallest absolute Gasteiger partial charge is 0.339 e. The molecule has 0 radical (unpaired) electrons. The zero-order valence-corrected chi connectivity index (χ0v) is 15.9. The molecule has 0 saturated heterocycles. The number of aromatic nitrogens is 3. The molecule has 8 heteroatoms. The highest BCUT2D eigenvalue weighted by Crippen LogP contribution is 2.31. The zero-order valence-electron chi connectivity index (χ0n) is 15.1. The van der Waals surface area contributed by atoms with Crippen LogP contribution in [0.1, 0.15) is 26.4 Å². The lowest BCUT2D eigenvalue weighted by Gasteiger charge is -2.05. The Hall–Kier alpha value is -3.52. The van der Waals surface area contributed by atoms with Crippen molar-refractivity contribution < 1.29 is 14.7 Å². The predicted molar refractivity (Wildman–Crippen MR) is 108 cm³/mol. The van der Waals surface area contributed by atoms with E-state index < -0.39 is 11.9 Å². The van der Waals surface area contributed by atoms with Gasteiger partial charge in [0, 0.05) is 24.5 Å². The van der Waals surface area contributed by atoms with Gasteiger partial charge in [0.1, 0.15) is 10.6 Å². The Balaban J connectivity index is 1.56. The molecule has 4 rings (SSSR count). The number of aromatic carboxylic acids is 1. The van der Waals surface area contributed by atoms with Gasteiger partial charge in [0.25, 0.3) is 5.91 Å². The maximum absolute atomic E-state index is 12.4. The Kier molecular flexibility index (Phi) is 4.40. The molecule has 0 unspecified atom stereocenters. The van der Waals surface area contributed by atoms with Crippen molar-refractivity contribution in [1.82, 2.24) is 14.8 Å². The van der Waals surface area contributed by atoms with Crippen molar-refractivity contribution in [2.45, 2.75) is 6.92 Å². The van der Waals surface area contributed by atoms with E-state index in [1.165, 1.54) is 16.4 Å². The van der Waals surface area contributed by atoms with Crippen LogP contribution in [-0.2, 0) is 7.05 Å². The van der Waals surface area contributed by atoms with Gasteiger partial charge in [0.15, 0.2) is 5.69 Å². The van der Waals surface area contributed by atoms with E-state index in [4.69, 9.17) is 0 Å². The summed E-state index contributed by atoms with van der Waals surface area (Å²) in [5.41, 5.74) is 3.38. The predicted octanol–water partition coefficient (Wildman–Crippen LogP) is 3.96. The highest BCUT2D eigenvalue weighted by molar-refractivity contribution is 7.21. The fourth-order valence-corrected chi connectivity index (χ4v) is 3.92. The number of aryl methyl sites for hydroxylation is 2. The van der Waals surface area contributed by atoms with E-state index >= 15 is 0 Å². The van der Waals surface area contributed by atoms with Crippen LogP contribution in [0.4, 0.5) is 5.69 Å². The van der Waals surface area contributed by atoms with Gasteiger partial charge in [-0.2, -0.15) is 5.10 Å². The summed E-state index contributed by atoms with van der Waals surface area (Å²) >= 11 is 1.61. The number of hydrogen-bond acceptors (Lipinski definition) is 5. The number of carbonyl (C=O) groups is 2. The number of carboxylic acid groups (broad SMARTS) is 1. The molecule has 0 bridgehead atoms. The van der Waals surface area contributed by atoms with Gasteiger partial charge in [-0.3, -0.25) is 9.48 Å². The van der Waals surface area contributed by atoms with Gasteiger partial charge in [-0.05, 0) is 48.9 Å². The summed E-state index contributed by atoms with van der Waals surface area (Å²) in [6.07, 6.45) is 1.30. The molecule has 2 aromatic carbocycles. The van der Waals surface area contributed by atoms with Crippen LogP contribution in [0, 0.1) is 6.92 Å². The Bertz CT molecular complexity index is 1210. The number of nitrogens with zero attached hydrogens (tertiary/aromatic N) is 3. The largest absolute Gasteiger partial charge is 0.478 e. The number of hydrogen-bond donors (Lipinski definition) is 2. The van der Waals surface area contributed by atoms with Crippen LogP contribution in [0.15, 0.2) is 48.7 Å². The second-order valence-corrected chi connectivity index (χ2v) is 7.42. The number of thiazole rings is 1. The molecule has 0 aliphatic carbocycles. The van der Waals surface area contributed by atoms with E-state index in [0.29, 0.717) is 5.69 Å². The van der Waals surface area contributed by atoms with Crippen molar-refractivity contribution in [2.75, 3.05) is 5.32 Å². The van der Waals surface area contributed by atoms with Crippen molar-refractivity contribution in [1.29, 1.82) is 0 Å². The van der Waals surface area contributed by atoms with E-state index in [1.807, 2.05) is 31.2 Å². The third kappa shape index (κ3) is 3.37. The molecule has 0 spiro atoms. The van der Waals surface area contributed by atoms with Crippen molar-refractivity contribution in [2.24, 2.45) is 7.05 Å². The zero-order chi connectivity index (χ0) is 19.8. The molecule has 2 aromatic heterocycles. The first-order valence-corrected chi connectivity index (χ1v) is 9.28. The number of carboxylic acids is 1. The summed E-state index contributed by atoms with van der Waals surface area (Å²) in [4.78, 5) is 28.3. The van der Waals surface area contributed by atoms with Crippen LogP contribution >= 0.6 is 11.3 Å². The average molecular weight is 392 g/mol. The molecule has 4 aromatic rings. The molecule has 140 valence electrons. The van der Waals surface area contributed by atoms with Gasteiger partial charge < -0.3 is 10.4 Å². The van der Waals surface area contributed by atoms with E-state index in [1.54, 1.807) is 30.5 Å². The molecular formula is C20H16N4O3S. The van der Waals surface area contributed by atoms with E-state index in [0.717, 1.165) is 20.8 Å². The minimum atomic E-state index is -1.19. The van der Waals surface area contributed by atoms with E-state index in [-0.39, 0.29) is 11.3 Å². The highest BCUT2D eigenvalue weighted by atomic mass is 32.1. The second-order valence-electron chi connectivity index (χ2n) is 6.39. The standard InChI is InChI=1S/C20H16N4O3S/c1-11-3-8-15-16(9-11)28-19(22-15)12-4-6-13(7-5-12)21-18(25)17-14(20(26)27)10-24(2)23-17/h3-10H,1-2H3,(H,21,25)(H,26,27). The maximum atomic E-state index is 12.4. The fraction of sp³-hybridized carbons (Fsp3) is 0.100. The Morgan fingerprint density at radius 3 is 2.61 bits per heavy atom. The summed E-state index contributed by atoms with van der Waals surface area (Å²) < 4.78 is 2.43. The lowest BCUT2D eigenvalue weighted by atomic mass is 10.2. The minimum absolute atomic E-state index is 0.124. The van der Waals surface area contributed by atoms with Gasteiger partial charge in [0.2, 0.25) is 0 Å². The number of anilines is 1. The SMILES string of the molecule is Cc1ccc2nc(-c3ccc(NC(=O)c4nn(C)cc4C(=O)O)cc3)sc2c1. The minimum Gasteiger partial charge on any atom is -0.478 e. The van der Waals surface area contributed by atoms with Gasteiger partial charge in [-0.15, -0.1) is 11.3 Å². The van der Waals surface area contributed by atoms with Gasteiger partial charge >= 0.3 is 5.97 Å². The normalized spacial score (nSPS) is 10.9. The summed E-state index contributed by atoms with van der Waals surface area (Å²) in [6, 6.07) is 13.4. The number of fused-ring (bicyclic) bond motifs is 1. The summed E-state index contributed by atoms with van der Waals surface area (Å²) in [6.45, 7) is 2.05. The van der Waals surface area contributed by atoms with E-state index in [2.05, 4.69) is 21.5 Å². The third-order valence-electron chi connectivity index (χ3n) is 4.21. The molecule has 1 amide bonds. The first-order valence-electron chi connectivity index (χ1n) is 8.46. The molecule has 0 aliphatic heterocycles. The summed E-state index contributed by atoms with van der Waals surface area (Å²) in [5.74, 6) is -1.76. The molecule has 7 nitrogen and oxygen atoms in total. The van der Waals surface area contributed by atoms with Crippen LogP contribution in [-0.4, -0.2) is 31.7 Å². The maximum Gasteiger partial charge on any atom is 0.339 e. The fourth-order valence-electron chi connectivity index (χ4n) is 2.85. The van der Waals surface area contributed by atoms with Gasteiger partial charge in [-0.25, -0.2) is 9.78 Å². The van der Waals surface area contributed by atoms with Crippen molar-refractivity contribution in [3.8, 4) is 10.6 Å². The molecule has 0 fully saturated rings. The molecular weight excluding hydrogens is 376 g/mol. The third-order valence-corrected chi connectivity index (χ3v) is 5.28. The molecule has 0 aliphatic rings. The van der Waals surface area contributed by atoms with Crippen LogP contribution in [0.3, 0.4) is 0 Å². The van der Waals surface area contributed by atoms with Crippen LogP contribution in [0.5, 0.6) is 0 Å². The summed E-state index contributed by atoms with van der Waals surface area (Å²) in [7, 11) is 1.57. The van der Waals surface area contributed by atoms with Crippen LogP contribution < -0.4 is 5.32 Å². The molecule has 0 saturated carbocycles. The van der Waals surface area contributed by atoms with Crippen molar-refractivity contribution >= 4 is 39.1 Å². The Labute approximate surface area is 164 Å². The Morgan fingerprint density at radius 2 is 1.89 bits per heavy atom. The Morgan fingerprint density at radius 1 is 1.14 bits per heavy atom. The van der Waals surface area contributed by atoms with Gasteiger partial charge in [-0.1, -0.05) is 6.07 Å². The van der Waals surface area contributed by atoms with Crippen LogP contribution in [0.2, 0.25) is 0 Å².